The first-order chi connectivity index (χ1) is 5.44. The van der Waals surface area contributed by atoms with Crippen LogP contribution in [0.2, 0.25) is 0 Å². The monoisotopic (exact) mass is 172 g/mol. The summed E-state index contributed by atoms with van der Waals surface area (Å²) in [4.78, 5) is 2.42. The molecule has 1 atom stereocenters. The predicted octanol–water partition coefficient (Wildman–Crippen LogP) is 1.70. The molecule has 0 heterocycles. The second-order valence-electron chi connectivity index (χ2n) is 4.24. The minimum atomic E-state index is 0.228. The highest BCUT2D eigenvalue weighted by atomic mass is 15.1. The molecule has 0 fully saturated rings. The minimum Gasteiger partial charge on any atom is -0.327 e. The summed E-state index contributed by atoms with van der Waals surface area (Å²) in [5, 5.41) is 0. The van der Waals surface area contributed by atoms with Gasteiger partial charge in [0, 0.05) is 12.6 Å². The van der Waals surface area contributed by atoms with Gasteiger partial charge < -0.3 is 10.6 Å². The molecular formula is C10H24N2. The van der Waals surface area contributed by atoms with Crippen molar-refractivity contribution in [3.05, 3.63) is 0 Å². The van der Waals surface area contributed by atoms with E-state index in [2.05, 4.69) is 39.5 Å². The Morgan fingerprint density at radius 1 is 1.25 bits per heavy atom. The molecule has 0 saturated carbocycles. The zero-order valence-electron chi connectivity index (χ0n) is 9.22. The number of nitrogens with two attached hydrogens (primary N) is 1. The molecule has 0 saturated heterocycles. The van der Waals surface area contributed by atoms with Crippen LogP contribution in [0.5, 0.6) is 0 Å². The molecule has 0 bridgehead atoms. The molecule has 0 aliphatic heterocycles. The van der Waals surface area contributed by atoms with Crippen molar-refractivity contribution in [1.82, 2.24) is 4.90 Å². The van der Waals surface area contributed by atoms with E-state index in [4.69, 9.17) is 5.73 Å². The van der Waals surface area contributed by atoms with Gasteiger partial charge >= 0.3 is 0 Å². The lowest BCUT2D eigenvalue weighted by Gasteiger charge is -2.34. The number of hydrogen-bond donors (Lipinski definition) is 1. The summed E-state index contributed by atoms with van der Waals surface area (Å²) in [7, 11) is 0. The highest BCUT2D eigenvalue weighted by Gasteiger charge is 2.24. The van der Waals surface area contributed by atoms with Crippen molar-refractivity contribution in [1.29, 1.82) is 0 Å². The average Bonchev–Trinajstić information content (AvgIpc) is 2.00. The van der Waals surface area contributed by atoms with Gasteiger partial charge in [-0.2, -0.15) is 0 Å². The molecule has 0 aromatic rings. The first-order valence-electron chi connectivity index (χ1n) is 4.92. The van der Waals surface area contributed by atoms with Crippen LogP contribution in [0.3, 0.4) is 0 Å². The zero-order chi connectivity index (χ0) is 9.78. The SMILES string of the molecule is CCN(CC)CC(C)(C)C(C)N. The van der Waals surface area contributed by atoms with E-state index >= 15 is 0 Å². The number of hydrogen-bond acceptors (Lipinski definition) is 2. The van der Waals surface area contributed by atoms with E-state index < -0.39 is 0 Å². The van der Waals surface area contributed by atoms with Gasteiger partial charge in [0.15, 0.2) is 0 Å². The largest absolute Gasteiger partial charge is 0.327 e. The summed E-state index contributed by atoms with van der Waals surface area (Å²) in [6, 6.07) is 0.262. The van der Waals surface area contributed by atoms with Gasteiger partial charge in [0.05, 0.1) is 0 Å². The summed E-state index contributed by atoms with van der Waals surface area (Å²) in [5.41, 5.74) is 6.13. The Morgan fingerprint density at radius 3 is 1.92 bits per heavy atom. The summed E-state index contributed by atoms with van der Waals surface area (Å²) >= 11 is 0. The Bertz CT molecular complexity index is 115. The number of rotatable bonds is 5. The molecule has 0 aromatic carbocycles. The molecule has 0 spiro atoms. The lowest BCUT2D eigenvalue weighted by molar-refractivity contribution is 0.169. The molecular weight excluding hydrogens is 148 g/mol. The van der Waals surface area contributed by atoms with Gasteiger partial charge in [0.25, 0.3) is 0 Å². The van der Waals surface area contributed by atoms with Crippen LogP contribution in [0.4, 0.5) is 0 Å². The van der Waals surface area contributed by atoms with Crippen molar-refractivity contribution in [2.24, 2.45) is 11.1 Å². The zero-order valence-corrected chi connectivity index (χ0v) is 9.22. The van der Waals surface area contributed by atoms with Crippen LogP contribution in [0.25, 0.3) is 0 Å². The van der Waals surface area contributed by atoms with Crippen LogP contribution in [0, 0.1) is 5.41 Å². The summed E-state index contributed by atoms with van der Waals surface area (Å²) in [5.74, 6) is 0. The van der Waals surface area contributed by atoms with E-state index in [0.717, 1.165) is 19.6 Å². The second-order valence-corrected chi connectivity index (χ2v) is 4.24. The van der Waals surface area contributed by atoms with Gasteiger partial charge in [0.1, 0.15) is 0 Å². The summed E-state index contributed by atoms with van der Waals surface area (Å²) in [6.45, 7) is 14.3. The van der Waals surface area contributed by atoms with E-state index in [9.17, 15) is 0 Å². The predicted molar refractivity (Wildman–Crippen MR) is 55.2 cm³/mol. The molecule has 74 valence electrons. The van der Waals surface area contributed by atoms with Gasteiger partial charge in [-0.3, -0.25) is 0 Å². The minimum absolute atomic E-state index is 0.228. The van der Waals surface area contributed by atoms with Gasteiger partial charge in [-0.15, -0.1) is 0 Å². The summed E-state index contributed by atoms with van der Waals surface area (Å²) < 4.78 is 0. The van der Waals surface area contributed by atoms with Crippen molar-refractivity contribution in [2.75, 3.05) is 19.6 Å². The van der Waals surface area contributed by atoms with Crippen molar-refractivity contribution in [2.45, 2.75) is 40.7 Å². The lowest BCUT2D eigenvalue weighted by atomic mass is 9.85. The maximum absolute atomic E-state index is 5.90. The van der Waals surface area contributed by atoms with Gasteiger partial charge in [0.2, 0.25) is 0 Å². The van der Waals surface area contributed by atoms with E-state index in [1.165, 1.54) is 0 Å². The molecule has 0 aromatic heterocycles. The molecule has 0 rings (SSSR count). The fourth-order valence-corrected chi connectivity index (χ4v) is 1.17. The van der Waals surface area contributed by atoms with Crippen LogP contribution >= 0.6 is 0 Å². The molecule has 0 amide bonds. The van der Waals surface area contributed by atoms with Crippen molar-refractivity contribution in [3.63, 3.8) is 0 Å². The maximum atomic E-state index is 5.90. The standard InChI is InChI=1S/C10H24N2/c1-6-12(7-2)8-10(4,5)9(3)11/h9H,6-8,11H2,1-5H3. The van der Waals surface area contributed by atoms with E-state index in [-0.39, 0.29) is 11.5 Å². The van der Waals surface area contributed by atoms with Crippen molar-refractivity contribution in [3.8, 4) is 0 Å². The first-order valence-corrected chi connectivity index (χ1v) is 4.92. The fraction of sp³-hybridized carbons (Fsp3) is 1.00. The van der Waals surface area contributed by atoms with E-state index in [1.54, 1.807) is 0 Å². The molecule has 2 N–H and O–H groups in total. The Balaban J connectivity index is 4.02. The molecule has 0 radical (unpaired) electrons. The topological polar surface area (TPSA) is 29.3 Å². The Morgan fingerprint density at radius 2 is 1.67 bits per heavy atom. The molecule has 12 heavy (non-hydrogen) atoms. The highest BCUT2D eigenvalue weighted by Crippen LogP contribution is 2.20. The first kappa shape index (κ1) is 11.9. The van der Waals surface area contributed by atoms with Crippen LogP contribution in [-0.2, 0) is 0 Å². The fourth-order valence-electron chi connectivity index (χ4n) is 1.17. The highest BCUT2D eigenvalue weighted by molar-refractivity contribution is 4.80. The summed E-state index contributed by atoms with van der Waals surface area (Å²) in [6.07, 6.45) is 0. The van der Waals surface area contributed by atoms with E-state index in [0.29, 0.717) is 0 Å². The number of nitrogens with zero attached hydrogens (tertiary/aromatic N) is 1. The van der Waals surface area contributed by atoms with Gasteiger partial charge in [-0.05, 0) is 25.4 Å². The Labute approximate surface area is 77.1 Å². The molecule has 1 unspecified atom stereocenters. The average molecular weight is 172 g/mol. The molecule has 2 heteroatoms. The smallest absolute Gasteiger partial charge is 0.00739 e. The Hall–Kier alpha value is -0.0800. The van der Waals surface area contributed by atoms with Crippen LogP contribution in [-0.4, -0.2) is 30.6 Å². The van der Waals surface area contributed by atoms with Crippen molar-refractivity contribution >= 4 is 0 Å². The van der Waals surface area contributed by atoms with Crippen LogP contribution in [0.1, 0.15) is 34.6 Å². The lowest BCUT2D eigenvalue weighted by Crippen LogP contribution is -2.44. The third-order valence-corrected chi connectivity index (χ3v) is 2.76. The second kappa shape index (κ2) is 4.83. The van der Waals surface area contributed by atoms with E-state index in [1.807, 2.05) is 0 Å². The maximum Gasteiger partial charge on any atom is 0.00739 e. The quantitative estimate of drug-likeness (QED) is 0.684. The third kappa shape index (κ3) is 3.55. The van der Waals surface area contributed by atoms with Crippen LogP contribution in [0.15, 0.2) is 0 Å². The molecule has 0 aliphatic carbocycles. The van der Waals surface area contributed by atoms with Crippen LogP contribution < -0.4 is 5.73 Å². The van der Waals surface area contributed by atoms with Crippen molar-refractivity contribution < 1.29 is 0 Å². The molecule has 2 nitrogen and oxygen atoms in total. The normalized spacial score (nSPS) is 15.2. The van der Waals surface area contributed by atoms with Gasteiger partial charge in [-0.25, -0.2) is 0 Å². The van der Waals surface area contributed by atoms with Gasteiger partial charge in [-0.1, -0.05) is 27.7 Å². The Kier molecular flexibility index (Phi) is 4.80. The molecule has 0 aliphatic rings. The third-order valence-electron chi connectivity index (χ3n) is 2.76.